The second-order valence-corrected chi connectivity index (χ2v) is 0.805. The molecule has 0 aliphatic carbocycles. The van der Waals surface area contributed by atoms with Gasteiger partial charge in [-0.1, -0.05) is 0 Å². The lowest BCUT2D eigenvalue weighted by Crippen LogP contribution is -1.54. The fourth-order valence-electron chi connectivity index (χ4n) is 0. The SMILES string of the molecule is N.OP(O)O.[MgH2]. The van der Waals surface area contributed by atoms with Crippen molar-refractivity contribution in [3.63, 3.8) is 0 Å². The zero-order chi connectivity index (χ0) is 3.58. The first-order valence-corrected chi connectivity index (χ1v) is 1.80. The summed E-state index contributed by atoms with van der Waals surface area (Å²) in [4.78, 5) is 21.7. The maximum Gasteiger partial charge on any atom is 0.324 e. The van der Waals surface area contributed by atoms with E-state index in [0.717, 1.165) is 0 Å². The summed E-state index contributed by atoms with van der Waals surface area (Å²) in [6.07, 6.45) is 0. The van der Waals surface area contributed by atoms with Crippen molar-refractivity contribution >= 4 is 31.7 Å². The largest absolute Gasteiger partial charge is 0.344 e. The first-order valence-electron chi connectivity index (χ1n) is 0.600. The first kappa shape index (κ1) is 15.7. The molecule has 0 aromatic heterocycles. The predicted octanol–water partition coefficient (Wildman–Crippen LogP) is -1.56. The quantitative estimate of drug-likeness (QED) is 0.232. The van der Waals surface area contributed by atoms with E-state index in [0.29, 0.717) is 0 Å². The zero-order valence-electron chi connectivity index (χ0n) is 2.50. The molecule has 0 atom stereocenters. The van der Waals surface area contributed by atoms with Crippen LogP contribution in [0.1, 0.15) is 0 Å². The highest BCUT2D eigenvalue weighted by Gasteiger charge is 1.76. The Hall–Kier alpha value is 1.04. The topological polar surface area (TPSA) is 95.7 Å². The zero-order valence-corrected chi connectivity index (χ0v) is 3.39. The van der Waals surface area contributed by atoms with E-state index in [2.05, 4.69) is 0 Å². The van der Waals surface area contributed by atoms with Crippen LogP contribution in [0.3, 0.4) is 0 Å². The fraction of sp³-hybridized carbons (Fsp3) is 0. The standard InChI is InChI=1S/Mg.H3N.H3O3P.2H/c;;1-4(2)3;;/h;1H3;1-3H;;. The highest BCUT2D eigenvalue weighted by molar-refractivity contribution is 7.38. The third-order valence-electron chi connectivity index (χ3n) is 0. The molecule has 0 bridgehead atoms. The Balaban J connectivity index is -0.0000000450. The van der Waals surface area contributed by atoms with Crippen LogP contribution in [0.15, 0.2) is 0 Å². The Labute approximate surface area is 52.9 Å². The minimum atomic E-state index is -2.62. The lowest BCUT2D eigenvalue weighted by Gasteiger charge is -1.76. The molecule has 0 unspecified atom stereocenters. The summed E-state index contributed by atoms with van der Waals surface area (Å²) in [7, 11) is -2.62. The van der Waals surface area contributed by atoms with Gasteiger partial charge in [-0.2, -0.15) is 0 Å². The minimum absolute atomic E-state index is 0. The van der Waals surface area contributed by atoms with Crippen LogP contribution in [0.2, 0.25) is 0 Å². The molecule has 0 aromatic carbocycles. The summed E-state index contributed by atoms with van der Waals surface area (Å²) in [6, 6.07) is 0. The number of hydrogen-bond acceptors (Lipinski definition) is 4. The van der Waals surface area contributed by atoms with E-state index in [-0.39, 0.29) is 29.2 Å². The average molecular weight is 125 g/mol. The summed E-state index contributed by atoms with van der Waals surface area (Å²) >= 11 is 0. The van der Waals surface area contributed by atoms with Gasteiger partial charge >= 0.3 is 31.7 Å². The van der Waals surface area contributed by atoms with Gasteiger partial charge < -0.3 is 20.8 Å². The molecule has 0 aromatic rings. The minimum Gasteiger partial charge on any atom is -0.344 e. The Morgan fingerprint density at radius 3 is 1.00 bits per heavy atom. The summed E-state index contributed by atoms with van der Waals surface area (Å²) in [5.74, 6) is 0. The van der Waals surface area contributed by atoms with E-state index in [1.807, 2.05) is 0 Å². The molecule has 0 spiro atoms. The van der Waals surface area contributed by atoms with Gasteiger partial charge in [-0.05, 0) is 0 Å². The number of hydrogen-bond donors (Lipinski definition) is 4. The molecule has 6 heavy (non-hydrogen) atoms. The van der Waals surface area contributed by atoms with Crippen LogP contribution in [0.5, 0.6) is 0 Å². The normalized spacial score (nSPS) is 6.00. The van der Waals surface area contributed by atoms with Gasteiger partial charge in [0, 0.05) is 0 Å². The monoisotopic (exact) mass is 125 g/mol. The van der Waals surface area contributed by atoms with Crippen molar-refractivity contribution in [2.75, 3.05) is 0 Å². The molecule has 0 radical (unpaired) electrons. The molecule has 4 nitrogen and oxygen atoms in total. The molecule has 0 rings (SSSR count). The van der Waals surface area contributed by atoms with E-state index in [4.69, 9.17) is 14.7 Å². The van der Waals surface area contributed by atoms with Gasteiger partial charge in [0.15, 0.2) is 0 Å². The van der Waals surface area contributed by atoms with Gasteiger partial charge in [-0.3, -0.25) is 0 Å². The van der Waals surface area contributed by atoms with E-state index in [1.54, 1.807) is 0 Å². The molecule has 0 saturated carbocycles. The molecule has 0 aliphatic rings. The maximum absolute atomic E-state index is 7.23. The highest BCUT2D eigenvalue weighted by atomic mass is 31.2. The van der Waals surface area contributed by atoms with Gasteiger partial charge in [0.1, 0.15) is 0 Å². The molecule has 0 aliphatic heterocycles. The molecule has 38 valence electrons. The van der Waals surface area contributed by atoms with Crippen molar-refractivity contribution in [3.05, 3.63) is 0 Å². The summed E-state index contributed by atoms with van der Waals surface area (Å²) < 4.78 is 0. The predicted molar refractivity (Wildman–Crippen MR) is 27.1 cm³/mol. The summed E-state index contributed by atoms with van der Waals surface area (Å²) in [6.45, 7) is 0. The van der Waals surface area contributed by atoms with Gasteiger partial charge in [0.2, 0.25) is 0 Å². The third-order valence-corrected chi connectivity index (χ3v) is 0. The van der Waals surface area contributed by atoms with Gasteiger partial charge in [0.05, 0.1) is 0 Å². The van der Waals surface area contributed by atoms with Crippen molar-refractivity contribution in [2.24, 2.45) is 0 Å². The highest BCUT2D eigenvalue weighted by Crippen LogP contribution is 2.11. The molecule has 0 fully saturated rings. The Bertz CT molecular complexity index is 15.5. The van der Waals surface area contributed by atoms with Gasteiger partial charge in [0.25, 0.3) is 0 Å². The van der Waals surface area contributed by atoms with Gasteiger partial charge in [-0.15, -0.1) is 0 Å². The Kier molecular flexibility index (Phi) is 24.6. The molecule has 0 saturated heterocycles. The van der Waals surface area contributed by atoms with Crippen LogP contribution in [-0.4, -0.2) is 37.7 Å². The van der Waals surface area contributed by atoms with Crippen LogP contribution in [-0.2, 0) is 0 Å². The number of rotatable bonds is 0. The van der Waals surface area contributed by atoms with Crippen molar-refractivity contribution in [2.45, 2.75) is 0 Å². The van der Waals surface area contributed by atoms with Crippen LogP contribution in [0, 0.1) is 0 Å². The van der Waals surface area contributed by atoms with Crippen LogP contribution in [0.4, 0.5) is 0 Å². The lowest BCUT2D eigenvalue weighted by molar-refractivity contribution is 0.368. The second kappa shape index (κ2) is 9.40. The second-order valence-electron chi connectivity index (χ2n) is 0.268. The van der Waals surface area contributed by atoms with E-state index in [1.165, 1.54) is 0 Å². The first-order chi connectivity index (χ1) is 1.73. The molecule has 0 heterocycles. The van der Waals surface area contributed by atoms with E-state index >= 15 is 0 Å². The molecular formula is H8MgNO3P. The maximum atomic E-state index is 7.23. The average Bonchev–Trinajstić information content (AvgIpc) is 0.811. The molecule has 6 N–H and O–H groups in total. The Morgan fingerprint density at radius 2 is 1.00 bits per heavy atom. The molecular weight excluding hydrogens is 117 g/mol. The third kappa shape index (κ3) is 76.4. The van der Waals surface area contributed by atoms with Crippen LogP contribution < -0.4 is 6.15 Å². The smallest absolute Gasteiger partial charge is 0.324 e. The van der Waals surface area contributed by atoms with Crippen molar-refractivity contribution < 1.29 is 14.7 Å². The Morgan fingerprint density at radius 1 is 1.00 bits per heavy atom. The van der Waals surface area contributed by atoms with Crippen LogP contribution in [0.25, 0.3) is 0 Å². The molecule has 0 amide bonds. The fourth-order valence-corrected chi connectivity index (χ4v) is 0. The van der Waals surface area contributed by atoms with Crippen molar-refractivity contribution in [1.82, 2.24) is 6.15 Å². The molecule has 6 heteroatoms. The van der Waals surface area contributed by atoms with Crippen molar-refractivity contribution in [1.29, 1.82) is 0 Å². The van der Waals surface area contributed by atoms with E-state index in [9.17, 15) is 0 Å². The van der Waals surface area contributed by atoms with Crippen molar-refractivity contribution in [3.8, 4) is 0 Å². The summed E-state index contributed by atoms with van der Waals surface area (Å²) in [5.41, 5.74) is 0. The van der Waals surface area contributed by atoms with Crippen LogP contribution >= 0.6 is 8.60 Å². The summed E-state index contributed by atoms with van der Waals surface area (Å²) in [5, 5.41) is 0. The van der Waals surface area contributed by atoms with E-state index < -0.39 is 8.60 Å². The van der Waals surface area contributed by atoms with Gasteiger partial charge in [-0.25, -0.2) is 0 Å². The lowest BCUT2D eigenvalue weighted by atomic mass is 14.0.